The van der Waals surface area contributed by atoms with Crippen LogP contribution in [-0.4, -0.2) is 59.8 Å². The molecule has 0 unspecified atom stereocenters. The summed E-state index contributed by atoms with van der Waals surface area (Å²) in [6.45, 7) is 3.66. The summed E-state index contributed by atoms with van der Waals surface area (Å²) in [5, 5.41) is 8.90. The third-order valence-corrected chi connectivity index (χ3v) is 5.25. The zero-order chi connectivity index (χ0) is 22.2. The minimum absolute atomic E-state index is 0.0272. The maximum Gasteiger partial charge on any atom is 0.271 e. The molecule has 1 aromatic carbocycles. The number of methoxy groups -OCH3 is 1. The van der Waals surface area contributed by atoms with E-state index in [1.54, 1.807) is 7.11 Å². The van der Waals surface area contributed by atoms with E-state index in [1.807, 2.05) is 30.0 Å². The quantitative estimate of drug-likeness (QED) is 0.659. The summed E-state index contributed by atoms with van der Waals surface area (Å²) < 4.78 is 10.9. The smallest absolute Gasteiger partial charge is 0.271 e. The van der Waals surface area contributed by atoms with Crippen LogP contribution < -0.4 is 20.3 Å². The molecule has 3 rings (SSSR count). The van der Waals surface area contributed by atoms with Crippen LogP contribution in [0.4, 0.5) is 0 Å². The van der Waals surface area contributed by atoms with Gasteiger partial charge in [0.05, 0.1) is 13.7 Å². The largest absolute Gasteiger partial charge is 0.493 e. The third-order valence-electron chi connectivity index (χ3n) is 5.25. The van der Waals surface area contributed by atoms with E-state index in [1.165, 1.54) is 12.1 Å². The lowest BCUT2D eigenvalue weighted by molar-refractivity contribution is -0.132. The van der Waals surface area contributed by atoms with Gasteiger partial charge in [-0.05, 0) is 49.9 Å². The minimum Gasteiger partial charge on any atom is -0.493 e. The van der Waals surface area contributed by atoms with Crippen LogP contribution >= 0.6 is 0 Å². The number of H-pyrrole nitrogens is 1. The highest BCUT2D eigenvalue weighted by Gasteiger charge is 2.24. The van der Waals surface area contributed by atoms with E-state index < -0.39 is 0 Å². The fourth-order valence-corrected chi connectivity index (χ4v) is 3.56. The molecule has 0 atom stereocenters. The molecule has 31 heavy (non-hydrogen) atoms. The first-order chi connectivity index (χ1) is 15.0. The van der Waals surface area contributed by atoms with E-state index in [9.17, 15) is 14.4 Å². The van der Waals surface area contributed by atoms with Crippen molar-refractivity contribution in [2.75, 3.05) is 26.8 Å². The molecule has 0 radical (unpaired) electrons. The van der Waals surface area contributed by atoms with Gasteiger partial charge in [0.2, 0.25) is 5.91 Å². The highest BCUT2D eigenvalue weighted by atomic mass is 16.5. The Morgan fingerprint density at radius 3 is 2.61 bits per heavy atom. The number of rotatable bonds is 8. The van der Waals surface area contributed by atoms with Gasteiger partial charge in [0.1, 0.15) is 5.69 Å². The second-order valence-corrected chi connectivity index (χ2v) is 7.35. The fourth-order valence-electron chi connectivity index (χ4n) is 3.56. The van der Waals surface area contributed by atoms with Crippen LogP contribution in [0.5, 0.6) is 11.5 Å². The number of carbonyl (C=O) groups excluding carboxylic acids is 2. The Labute approximate surface area is 180 Å². The summed E-state index contributed by atoms with van der Waals surface area (Å²) in [6, 6.07) is 8.36. The number of nitrogens with zero attached hydrogens (tertiary/aromatic N) is 2. The molecule has 9 heteroatoms. The molecule has 1 aliphatic heterocycles. The Hall–Kier alpha value is -3.36. The molecular formula is C22H28N4O5. The van der Waals surface area contributed by atoms with Crippen molar-refractivity contribution in [3.8, 4) is 11.5 Å². The van der Waals surface area contributed by atoms with Gasteiger partial charge in [-0.3, -0.25) is 14.4 Å². The second kappa shape index (κ2) is 10.6. The van der Waals surface area contributed by atoms with Gasteiger partial charge in [0.25, 0.3) is 11.5 Å². The van der Waals surface area contributed by atoms with Crippen molar-refractivity contribution in [2.24, 2.45) is 0 Å². The lowest BCUT2D eigenvalue weighted by Crippen LogP contribution is -2.46. The molecule has 1 saturated heterocycles. The van der Waals surface area contributed by atoms with E-state index in [4.69, 9.17) is 9.47 Å². The van der Waals surface area contributed by atoms with Gasteiger partial charge in [-0.1, -0.05) is 6.07 Å². The molecule has 0 aliphatic carbocycles. The van der Waals surface area contributed by atoms with Crippen LogP contribution in [0, 0.1) is 0 Å². The molecule has 2 aromatic rings. The number of likely N-dealkylation sites (tertiary alicyclic amines) is 1. The number of hydrogen-bond acceptors (Lipinski definition) is 6. The molecule has 1 aliphatic rings. The Balaban J connectivity index is 1.45. The summed E-state index contributed by atoms with van der Waals surface area (Å²) in [5.74, 6) is 1.13. The SMILES string of the molecule is CCOc1ccc(CCC(=O)N2CCC(NC(=O)c3ccc(=O)[nH]n3)CC2)cc1OC. The van der Waals surface area contributed by atoms with Gasteiger partial charge in [0.15, 0.2) is 11.5 Å². The van der Waals surface area contributed by atoms with Gasteiger partial charge in [-0.15, -0.1) is 0 Å². The van der Waals surface area contributed by atoms with Crippen LogP contribution in [0.2, 0.25) is 0 Å². The van der Waals surface area contributed by atoms with Gasteiger partial charge in [-0.25, -0.2) is 5.10 Å². The summed E-state index contributed by atoms with van der Waals surface area (Å²) in [4.78, 5) is 37.7. The Kier molecular flexibility index (Phi) is 7.64. The van der Waals surface area contributed by atoms with E-state index >= 15 is 0 Å². The molecule has 2 amide bonds. The minimum atomic E-state index is -0.355. The Morgan fingerprint density at radius 2 is 1.97 bits per heavy atom. The number of nitrogens with one attached hydrogen (secondary N) is 2. The van der Waals surface area contributed by atoms with Crippen molar-refractivity contribution >= 4 is 11.8 Å². The van der Waals surface area contributed by atoms with Crippen LogP contribution in [0.1, 0.15) is 42.2 Å². The molecule has 1 aromatic heterocycles. The molecule has 9 nitrogen and oxygen atoms in total. The molecule has 166 valence electrons. The zero-order valence-corrected chi connectivity index (χ0v) is 17.8. The molecule has 0 saturated carbocycles. The topological polar surface area (TPSA) is 114 Å². The maximum absolute atomic E-state index is 12.6. The van der Waals surface area contributed by atoms with Crippen molar-refractivity contribution in [3.63, 3.8) is 0 Å². The predicted octanol–water partition coefficient (Wildman–Crippen LogP) is 1.53. The van der Waals surface area contributed by atoms with Crippen molar-refractivity contribution in [1.82, 2.24) is 20.4 Å². The first-order valence-corrected chi connectivity index (χ1v) is 10.4. The van der Waals surface area contributed by atoms with Crippen molar-refractivity contribution in [1.29, 1.82) is 0 Å². The van der Waals surface area contributed by atoms with E-state index in [0.717, 1.165) is 5.56 Å². The first-order valence-electron chi connectivity index (χ1n) is 10.4. The van der Waals surface area contributed by atoms with Crippen LogP contribution in [0.3, 0.4) is 0 Å². The second-order valence-electron chi connectivity index (χ2n) is 7.35. The molecule has 0 spiro atoms. The van der Waals surface area contributed by atoms with Crippen LogP contribution in [0.15, 0.2) is 35.1 Å². The van der Waals surface area contributed by atoms with Crippen molar-refractivity contribution in [3.05, 3.63) is 51.9 Å². The molecule has 2 heterocycles. The standard InChI is InChI=1S/C22H28N4O5/c1-3-31-18-7-4-15(14-19(18)30-2)5-9-21(28)26-12-10-16(11-13-26)23-22(29)17-6-8-20(27)25-24-17/h4,6-8,14,16H,3,5,9-13H2,1-2H3,(H,23,29)(H,25,27). The number of piperidine rings is 1. The van der Waals surface area contributed by atoms with Gasteiger partial charge in [-0.2, -0.15) is 5.10 Å². The summed E-state index contributed by atoms with van der Waals surface area (Å²) in [7, 11) is 1.60. The van der Waals surface area contributed by atoms with Crippen molar-refractivity contribution < 1.29 is 19.1 Å². The number of hydrogen-bond donors (Lipinski definition) is 2. The molecule has 0 bridgehead atoms. The number of ether oxygens (including phenoxy) is 2. The van der Waals surface area contributed by atoms with E-state index in [-0.39, 0.29) is 29.1 Å². The third kappa shape index (κ3) is 6.07. The first kappa shape index (κ1) is 22.3. The number of aromatic amines is 1. The van der Waals surface area contributed by atoms with Crippen molar-refractivity contribution in [2.45, 2.75) is 38.6 Å². The number of aryl methyl sites for hydroxylation is 1. The zero-order valence-electron chi connectivity index (χ0n) is 17.8. The Bertz CT molecular complexity index is 946. The number of carbonyl (C=O) groups is 2. The molecular weight excluding hydrogens is 400 g/mol. The lowest BCUT2D eigenvalue weighted by atomic mass is 10.0. The monoisotopic (exact) mass is 428 g/mol. The average Bonchev–Trinajstić information content (AvgIpc) is 2.79. The van der Waals surface area contributed by atoms with Gasteiger partial charge >= 0.3 is 0 Å². The van der Waals surface area contributed by atoms with Gasteiger partial charge in [0, 0.05) is 31.6 Å². The van der Waals surface area contributed by atoms with E-state index in [0.29, 0.717) is 56.9 Å². The number of amides is 2. The van der Waals surface area contributed by atoms with E-state index in [2.05, 4.69) is 15.5 Å². The highest BCUT2D eigenvalue weighted by molar-refractivity contribution is 5.92. The highest BCUT2D eigenvalue weighted by Crippen LogP contribution is 2.28. The molecule has 2 N–H and O–H groups in total. The van der Waals surface area contributed by atoms with Crippen LogP contribution in [-0.2, 0) is 11.2 Å². The Morgan fingerprint density at radius 1 is 1.19 bits per heavy atom. The van der Waals surface area contributed by atoms with Crippen LogP contribution in [0.25, 0.3) is 0 Å². The predicted molar refractivity (Wildman–Crippen MR) is 114 cm³/mol. The lowest BCUT2D eigenvalue weighted by Gasteiger charge is -2.32. The fraction of sp³-hybridized carbons (Fsp3) is 0.455. The average molecular weight is 428 g/mol. The molecule has 1 fully saturated rings. The number of benzene rings is 1. The maximum atomic E-state index is 12.6. The summed E-state index contributed by atoms with van der Waals surface area (Å²) in [5.41, 5.74) is 0.833. The normalized spacial score (nSPS) is 14.2. The number of aromatic nitrogens is 2. The summed E-state index contributed by atoms with van der Waals surface area (Å²) in [6.07, 6.45) is 2.39. The summed E-state index contributed by atoms with van der Waals surface area (Å²) >= 11 is 0. The van der Waals surface area contributed by atoms with Gasteiger partial charge < -0.3 is 19.7 Å².